The average molecular weight is 268 g/mol. The molecule has 0 saturated heterocycles. The molecule has 1 aromatic heterocycles. The first-order valence-corrected chi connectivity index (χ1v) is 7.79. The Kier molecular flexibility index (Phi) is 6.25. The van der Waals surface area contributed by atoms with Gasteiger partial charge in [0.05, 0.1) is 0 Å². The van der Waals surface area contributed by atoms with Crippen molar-refractivity contribution in [3.8, 4) is 0 Å². The highest BCUT2D eigenvalue weighted by molar-refractivity contribution is 7.98. The minimum absolute atomic E-state index is 0.467. The highest BCUT2D eigenvalue weighted by atomic mass is 32.2. The smallest absolute Gasteiger partial charge is 0.134 e. The molecule has 0 aliphatic carbocycles. The third-order valence-corrected chi connectivity index (χ3v) is 3.73. The van der Waals surface area contributed by atoms with E-state index in [0.29, 0.717) is 6.04 Å². The Hall–Kier alpha value is -0.970. The highest BCUT2D eigenvalue weighted by Crippen LogP contribution is 2.18. The largest absolute Gasteiger partial charge is 0.373 e. The van der Waals surface area contributed by atoms with Gasteiger partial charge in [-0.2, -0.15) is 11.8 Å². The Balaban J connectivity index is 2.95. The van der Waals surface area contributed by atoms with Crippen LogP contribution in [0.5, 0.6) is 0 Å². The van der Waals surface area contributed by atoms with E-state index >= 15 is 0 Å². The zero-order valence-electron chi connectivity index (χ0n) is 12.0. The first-order valence-electron chi connectivity index (χ1n) is 6.39. The van der Waals surface area contributed by atoms with Crippen LogP contribution in [0.3, 0.4) is 0 Å². The zero-order valence-corrected chi connectivity index (χ0v) is 12.8. The molecule has 1 aromatic rings. The molecule has 0 spiro atoms. The van der Waals surface area contributed by atoms with Crippen LogP contribution in [0.4, 0.5) is 11.6 Å². The minimum atomic E-state index is 0.467. The summed E-state index contributed by atoms with van der Waals surface area (Å²) in [6, 6.07) is 2.48. The molecule has 0 amide bonds. The van der Waals surface area contributed by atoms with Gasteiger partial charge < -0.3 is 10.2 Å². The maximum atomic E-state index is 4.64. The molecule has 1 N–H and O–H groups in total. The molecule has 5 heteroatoms. The van der Waals surface area contributed by atoms with Crippen LogP contribution in [-0.2, 0) is 6.42 Å². The second kappa shape index (κ2) is 7.46. The van der Waals surface area contributed by atoms with Gasteiger partial charge in [-0.1, -0.05) is 6.92 Å². The standard InChI is InChI=1S/C13H24N4S/c1-6-7-11-15-12(14-3)8-13(16-11)17(4)10(2)9-18-5/h8,10H,6-7,9H2,1-5H3,(H,14,15,16). The zero-order chi connectivity index (χ0) is 13.5. The number of aryl methyl sites for hydroxylation is 1. The van der Waals surface area contributed by atoms with E-state index in [2.05, 4.69) is 47.3 Å². The van der Waals surface area contributed by atoms with Crippen LogP contribution < -0.4 is 10.2 Å². The molecular formula is C13H24N4S. The lowest BCUT2D eigenvalue weighted by Gasteiger charge is -2.26. The minimum Gasteiger partial charge on any atom is -0.373 e. The van der Waals surface area contributed by atoms with Gasteiger partial charge in [-0.25, -0.2) is 9.97 Å². The van der Waals surface area contributed by atoms with E-state index in [-0.39, 0.29) is 0 Å². The molecule has 1 atom stereocenters. The molecule has 1 rings (SSSR count). The summed E-state index contributed by atoms with van der Waals surface area (Å²) in [5.41, 5.74) is 0. The number of thioether (sulfide) groups is 1. The fraction of sp³-hybridized carbons (Fsp3) is 0.692. The topological polar surface area (TPSA) is 41.1 Å². The van der Waals surface area contributed by atoms with Gasteiger partial charge >= 0.3 is 0 Å². The first-order chi connectivity index (χ1) is 8.62. The van der Waals surface area contributed by atoms with Crippen LogP contribution in [0.2, 0.25) is 0 Å². The lowest BCUT2D eigenvalue weighted by Crippen LogP contribution is -2.31. The molecular weight excluding hydrogens is 244 g/mol. The van der Waals surface area contributed by atoms with Crippen molar-refractivity contribution in [1.82, 2.24) is 9.97 Å². The summed E-state index contributed by atoms with van der Waals surface area (Å²) in [5, 5.41) is 3.11. The van der Waals surface area contributed by atoms with Gasteiger partial charge in [0.1, 0.15) is 17.5 Å². The van der Waals surface area contributed by atoms with E-state index in [4.69, 9.17) is 0 Å². The molecule has 0 aromatic carbocycles. The number of aromatic nitrogens is 2. The van der Waals surface area contributed by atoms with Crippen LogP contribution in [0, 0.1) is 0 Å². The quantitative estimate of drug-likeness (QED) is 0.823. The third-order valence-electron chi connectivity index (χ3n) is 2.92. The van der Waals surface area contributed by atoms with E-state index in [1.54, 1.807) is 0 Å². The van der Waals surface area contributed by atoms with Crippen LogP contribution >= 0.6 is 11.8 Å². The summed E-state index contributed by atoms with van der Waals surface area (Å²) in [6.07, 6.45) is 4.12. The van der Waals surface area contributed by atoms with E-state index in [1.165, 1.54) is 0 Å². The number of nitrogens with zero attached hydrogens (tertiary/aromatic N) is 3. The number of rotatable bonds is 7. The SMILES string of the molecule is CCCc1nc(NC)cc(N(C)C(C)CSC)n1. The van der Waals surface area contributed by atoms with Crippen molar-refractivity contribution in [2.45, 2.75) is 32.7 Å². The molecule has 0 aliphatic heterocycles. The fourth-order valence-electron chi connectivity index (χ4n) is 1.71. The van der Waals surface area contributed by atoms with Gasteiger partial charge in [-0.15, -0.1) is 0 Å². The third kappa shape index (κ3) is 4.05. The summed E-state index contributed by atoms with van der Waals surface area (Å²) < 4.78 is 0. The van der Waals surface area contributed by atoms with Crippen molar-refractivity contribution in [3.63, 3.8) is 0 Å². The van der Waals surface area contributed by atoms with Crippen molar-refractivity contribution in [3.05, 3.63) is 11.9 Å². The van der Waals surface area contributed by atoms with Crippen molar-refractivity contribution in [2.24, 2.45) is 0 Å². The van der Waals surface area contributed by atoms with Crippen LogP contribution in [0.15, 0.2) is 6.07 Å². The first kappa shape index (κ1) is 15.1. The van der Waals surface area contributed by atoms with E-state index in [9.17, 15) is 0 Å². The Labute approximate surface area is 115 Å². The Morgan fingerprint density at radius 1 is 1.44 bits per heavy atom. The number of hydrogen-bond donors (Lipinski definition) is 1. The summed E-state index contributed by atoms with van der Waals surface area (Å²) in [4.78, 5) is 11.3. The number of nitrogens with one attached hydrogen (secondary N) is 1. The summed E-state index contributed by atoms with van der Waals surface area (Å²) in [6.45, 7) is 4.37. The average Bonchev–Trinajstić information content (AvgIpc) is 2.38. The van der Waals surface area contributed by atoms with Gasteiger partial charge in [0.2, 0.25) is 0 Å². The molecule has 1 heterocycles. The van der Waals surface area contributed by atoms with Crippen molar-refractivity contribution >= 4 is 23.4 Å². The lowest BCUT2D eigenvalue weighted by atomic mass is 10.3. The Morgan fingerprint density at radius 2 is 2.17 bits per heavy atom. The normalized spacial score (nSPS) is 12.3. The van der Waals surface area contributed by atoms with Crippen LogP contribution in [-0.4, -0.2) is 42.1 Å². The monoisotopic (exact) mass is 268 g/mol. The van der Waals surface area contributed by atoms with Crippen molar-refractivity contribution in [2.75, 3.05) is 36.3 Å². The second-order valence-electron chi connectivity index (χ2n) is 4.44. The lowest BCUT2D eigenvalue weighted by molar-refractivity contribution is 0.740. The van der Waals surface area contributed by atoms with E-state index in [0.717, 1.165) is 36.1 Å². The summed E-state index contributed by atoms with van der Waals surface area (Å²) >= 11 is 1.86. The van der Waals surface area contributed by atoms with Crippen molar-refractivity contribution < 1.29 is 0 Å². The molecule has 102 valence electrons. The summed E-state index contributed by atoms with van der Waals surface area (Å²) in [7, 11) is 3.99. The van der Waals surface area contributed by atoms with E-state index in [1.807, 2.05) is 24.9 Å². The van der Waals surface area contributed by atoms with Crippen LogP contribution in [0.1, 0.15) is 26.1 Å². The molecule has 0 bridgehead atoms. The van der Waals surface area contributed by atoms with Gasteiger partial charge in [-0.05, 0) is 19.6 Å². The van der Waals surface area contributed by atoms with Crippen molar-refractivity contribution in [1.29, 1.82) is 0 Å². The predicted molar refractivity (Wildman–Crippen MR) is 81.8 cm³/mol. The Morgan fingerprint density at radius 3 is 2.72 bits per heavy atom. The number of hydrogen-bond acceptors (Lipinski definition) is 5. The van der Waals surface area contributed by atoms with E-state index < -0.39 is 0 Å². The van der Waals surface area contributed by atoms with Crippen LogP contribution in [0.25, 0.3) is 0 Å². The molecule has 18 heavy (non-hydrogen) atoms. The predicted octanol–water partition coefficient (Wildman–Crippen LogP) is 2.66. The number of anilines is 2. The van der Waals surface area contributed by atoms with Gasteiger partial charge in [0.15, 0.2) is 0 Å². The second-order valence-corrected chi connectivity index (χ2v) is 5.35. The molecule has 4 nitrogen and oxygen atoms in total. The molecule has 0 fully saturated rings. The molecule has 0 saturated carbocycles. The molecule has 1 unspecified atom stereocenters. The summed E-state index contributed by atoms with van der Waals surface area (Å²) in [5.74, 6) is 3.91. The Bertz CT molecular complexity index is 370. The maximum Gasteiger partial charge on any atom is 0.134 e. The van der Waals surface area contributed by atoms with Gasteiger partial charge in [0, 0.05) is 38.4 Å². The molecule has 0 aliphatic rings. The highest BCUT2D eigenvalue weighted by Gasteiger charge is 2.13. The van der Waals surface area contributed by atoms with Gasteiger partial charge in [-0.3, -0.25) is 0 Å². The fourth-order valence-corrected chi connectivity index (χ4v) is 2.41. The van der Waals surface area contributed by atoms with Gasteiger partial charge in [0.25, 0.3) is 0 Å². The molecule has 0 radical (unpaired) electrons. The maximum absolute atomic E-state index is 4.64.